The van der Waals surface area contributed by atoms with Gasteiger partial charge in [0.1, 0.15) is 0 Å². The predicted molar refractivity (Wildman–Crippen MR) is 99.0 cm³/mol. The number of piperazine rings is 1. The van der Waals surface area contributed by atoms with Gasteiger partial charge in [0.25, 0.3) is 0 Å². The van der Waals surface area contributed by atoms with Crippen molar-refractivity contribution in [3.8, 4) is 11.5 Å². The van der Waals surface area contributed by atoms with E-state index in [0.717, 1.165) is 50.8 Å². The molecule has 0 aromatic heterocycles. The molecule has 2 heterocycles. The maximum absolute atomic E-state index is 5.48. The lowest BCUT2D eigenvalue weighted by Gasteiger charge is -2.35. The first-order valence-electron chi connectivity index (χ1n) is 9.07. The Morgan fingerprint density at radius 3 is 2.32 bits per heavy atom. The number of aryl methyl sites for hydroxylation is 2. The number of hydrogen-bond donors (Lipinski definition) is 0. The van der Waals surface area contributed by atoms with E-state index >= 15 is 0 Å². The van der Waals surface area contributed by atoms with Gasteiger partial charge < -0.3 is 9.47 Å². The van der Waals surface area contributed by atoms with Crippen molar-refractivity contribution in [2.45, 2.75) is 26.9 Å². The zero-order chi connectivity index (χ0) is 17.2. The maximum atomic E-state index is 5.48. The van der Waals surface area contributed by atoms with Gasteiger partial charge in [0.2, 0.25) is 6.79 Å². The molecular weight excluding hydrogens is 312 g/mol. The highest BCUT2D eigenvalue weighted by Crippen LogP contribution is 2.32. The van der Waals surface area contributed by atoms with Crippen molar-refractivity contribution in [3.63, 3.8) is 0 Å². The van der Waals surface area contributed by atoms with Gasteiger partial charge in [-0.15, -0.1) is 0 Å². The first-order chi connectivity index (χ1) is 12.2. The molecular formula is C21H26N2O2. The van der Waals surface area contributed by atoms with E-state index in [1.54, 1.807) is 0 Å². The van der Waals surface area contributed by atoms with Gasteiger partial charge >= 0.3 is 0 Å². The lowest BCUT2D eigenvalue weighted by Crippen LogP contribution is -2.45. The van der Waals surface area contributed by atoms with Crippen molar-refractivity contribution in [3.05, 3.63) is 58.7 Å². The second-order valence-corrected chi connectivity index (χ2v) is 7.17. The Labute approximate surface area is 150 Å². The van der Waals surface area contributed by atoms with Crippen LogP contribution in [0.25, 0.3) is 0 Å². The van der Waals surface area contributed by atoms with Crippen LogP contribution in [0.1, 0.15) is 22.3 Å². The number of fused-ring (bicyclic) bond motifs is 1. The molecule has 2 aromatic carbocycles. The molecule has 4 heteroatoms. The molecule has 4 rings (SSSR count). The highest BCUT2D eigenvalue weighted by atomic mass is 16.7. The third-order valence-corrected chi connectivity index (χ3v) is 5.21. The summed E-state index contributed by atoms with van der Waals surface area (Å²) in [5.74, 6) is 1.74. The molecule has 2 aromatic rings. The summed E-state index contributed by atoms with van der Waals surface area (Å²) in [6.45, 7) is 11.2. The van der Waals surface area contributed by atoms with Gasteiger partial charge in [-0.05, 0) is 42.7 Å². The third-order valence-electron chi connectivity index (χ3n) is 5.21. The minimum Gasteiger partial charge on any atom is -0.454 e. The first-order valence-corrected chi connectivity index (χ1v) is 9.07. The zero-order valence-electron chi connectivity index (χ0n) is 15.1. The molecule has 0 atom stereocenters. The molecule has 0 saturated carbocycles. The van der Waals surface area contributed by atoms with Gasteiger partial charge in [-0.25, -0.2) is 0 Å². The van der Waals surface area contributed by atoms with Crippen LogP contribution in [0.5, 0.6) is 11.5 Å². The van der Waals surface area contributed by atoms with E-state index in [2.05, 4.69) is 54.0 Å². The quantitative estimate of drug-likeness (QED) is 0.853. The first kappa shape index (κ1) is 16.4. The molecule has 0 bridgehead atoms. The smallest absolute Gasteiger partial charge is 0.231 e. The Hall–Kier alpha value is -2.04. The molecule has 2 aliphatic rings. The van der Waals surface area contributed by atoms with Crippen molar-refractivity contribution in [2.75, 3.05) is 33.0 Å². The molecule has 0 amide bonds. The van der Waals surface area contributed by atoms with Gasteiger partial charge in [0, 0.05) is 39.3 Å². The predicted octanol–water partition coefficient (Wildman–Crippen LogP) is 3.35. The Morgan fingerprint density at radius 2 is 1.52 bits per heavy atom. The van der Waals surface area contributed by atoms with E-state index in [9.17, 15) is 0 Å². The van der Waals surface area contributed by atoms with Crippen molar-refractivity contribution < 1.29 is 9.47 Å². The Bertz CT molecular complexity index is 752. The second kappa shape index (κ2) is 7.06. The molecule has 1 saturated heterocycles. The van der Waals surface area contributed by atoms with E-state index in [0.29, 0.717) is 6.79 Å². The summed E-state index contributed by atoms with van der Waals surface area (Å²) in [5, 5.41) is 0. The lowest BCUT2D eigenvalue weighted by molar-refractivity contribution is 0.122. The number of ether oxygens (including phenoxy) is 2. The van der Waals surface area contributed by atoms with Crippen LogP contribution >= 0.6 is 0 Å². The molecule has 0 radical (unpaired) electrons. The van der Waals surface area contributed by atoms with Gasteiger partial charge in [0.05, 0.1) is 0 Å². The number of benzene rings is 2. The zero-order valence-corrected chi connectivity index (χ0v) is 15.1. The van der Waals surface area contributed by atoms with E-state index < -0.39 is 0 Å². The van der Waals surface area contributed by atoms with Crippen LogP contribution < -0.4 is 9.47 Å². The maximum Gasteiger partial charge on any atom is 0.231 e. The number of hydrogen-bond acceptors (Lipinski definition) is 4. The van der Waals surface area contributed by atoms with Crippen molar-refractivity contribution >= 4 is 0 Å². The fraction of sp³-hybridized carbons (Fsp3) is 0.429. The molecule has 0 aliphatic carbocycles. The average Bonchev–Trinajstić information content (AvgIpc) is 3.08. The SMILES string of the molecule is Cc1ccc(C)c(CN2CCN(Cc3ccc4c(c3)OCO4)CC2)c1. The van der Waals surface area contributed by atoms with E-state index in [-0.39, 0.29) is 0 Å². The topological polar surface area (TPSA) is 24.9 Å². The molecule has 0 N–H and O–H groups in total. The minimum absolute atomic E-state index is 0.343. The van der Waals surface area contributed by atoms with Crippen molar-refractivity contribution in [1.82, 2.24) is 9.80 Å². The van der Waals surface area contributed by atoms with E-state index in [1.165, 1.54) is 22.3 Å². The fourth-order valence-corrected chi connectivity index (χ4v) is 3.61. The van der Waals surface area contributed by atoms with Crippen LogP contribution in [-0.4, -0.2) is 42.8 Å². The van der Waals surface area contributed by atoms with Crippen LogP contribution in [0.15, 0.2) is 36.4 Å². The summed E-state index contributed by atoms with van der Waals surface area (Å²) in [5.41, 5.74) is 5.51. The summed E-state index contributed by atoms with van der Waals surface area (Å²) < 4.78 is 10.9. The summed E-state index contributed by atoms with van der Waals surface area (Å²) in [4.78, 5) is 5.09. The van der Waals surface area contributed by atoms with Crippen LogP contribution in [0.3, 0.4) is 0 Å². The lowest BCUT2D eigenvalue weighted by atomic mass is 10.0. The van der Waals surface area contributed by atoms with Gasteiger partial charge in [-0.1, -0.05) is 29.8 Å². The fourth-order valence-electron chi connectivity index (χ4n) is 3.61. The van der Waals surface area contributed by atoms with Crippen LogP contribution in [0.2, 0.25) is 0 Å². The second-order valence-electron chi connectivity index (χ2n) is 7.17. The number of nitrogens with zero attached hydrogens (tertiary/aromatic N) is 2. The standard InChI is InChI=1S/C21H26N2O2/c1-16-3-4-17(2)19(11-16)14-23-9-7-22(8-10-23)13-18-5-6-20-21(12-18)25-15-24-20/h3-6,11-12H,7-10,13-15H2,1-2H3. The average molecular weight is 338 g/mol. The van der Waals surface area contributed by atoms with Crippen LogP contribution in [0, 0.1) is 13.8 Å². The highest BCUT2D eigenvalue weighted by Gasteiger charge is 2.19. The molecule has 0 unspecified atom stereocenters. The Morgan fingerprint density at radius 1 is 0.800 bits per heavy atom. The largest absolute Gasteiger partial charge is 0.454 e. The van der Waals surface area contributed by atoms with Gasteiger partial charge in [0.15, 0.2) is 11.5 Å². The van der Waals surface area contributed by atoms with Crippen LogP contribution in [-0.2, 0) is 13.1 Å². The molecule has 132 valence electrons. The minimum atomic E-state index is 0.343. The molecule has 4 nitrogen and oxygen atoms in total. The highest BCUT2D eigenvalue weighted by molar-refractivity contribution is 5.44. The number of rotatable bonds is 4. The Kier molecular flexibility index (Phi) is 4.64. The van der Waals surface area contributed by atoms with Crippen molar-refractivity contribution in [1.29, 1.82) is 0 Å². The van der Waals surface area contributed by atoms with E-state index in [4.69, 9.17) is 9.47 Å². The summed E-state index contributed by atoms with van der Waals surface area (Å²) >= 11 is 0. The summed E-state index contributed by atoms with van der Waals surface area (Å²) in [6.07, 6.45) is 0. The molecule has 0 spiro atoms. The molecule has 1 fully saturated rings. The summed E-state index contributed by atoms with van der Waals surface area (Å²) in [7, 11) is 0. The third kappa shape index (κ3) is 3.80. The molecule has 25 heavy (non-hydrogen) atoms. The van der Waals surface area contributed by atoms with Gasteiger partial charge in [-0.3, -0.25) is 9.80 Å². The van der Waals surface area contributed by atoms with Crippen LogP contribution in [0.4, 0.5) is 0 Å². The normalized spacial score (nSPS) is 17.8. The monoisotopic (exact) mass is 338 g/mol. The van der Waals surface area contributed by atoms with Crippen molar-refractivity contribution in [2.24, 2.45) is 0 Å². The summed E-state index contributed by atoms with van der Waals surface area (Å²) in [6, 6.07) is 13.0. The Balaban J connectivity index is 1.31. The van der Waals surface area contributed by atoms with Gasteiger partial charge in [-0.2, -0.15) is 0 Å². The molecule has 2 aliphatic heterocycles. The van der Waals surface area contributed by atoms with E-state index in [1.807, 2.05) is 6.07 Å².